The number of carbonyl (C=O) groups is 1. The highest BCUT2D eigenvalue weighted by molar-refractivity contribution is 5.75. The predicted octanol–water partition coefficient (Wildman–Crippen LogP) is 2.61. The van der Waals surface area contributed by atoms with Crippen molar-refractivity contribution in [2.75, 3.05) is 11.9 Å². The molecule has 0 saturated carbocycles. The van der Waals surface area contributed by atoms with Gasteiger partial charge in [-0.1, -0.05) is 6.07 Å². The minimum atomic E-state index is -0.510. The number of benzene rings is 2. The van der Waals surface area contributed by atoms with E-state index in [0.717, 1.165) is 16.8 Å². The number of primary amides is 1. The largest absolute Gasteiger partial charge is 0.484 e. The van der Waals surface area contributed by atoms with E-state index in [0.29, 0.717) is 12.3 Å². The van der Waals surface area contributed by atoms with E-state index < -0.39 is 5.91 Å². The summed E-state index contributed by atoms with van der Waals surface area (Å²) in [5.41, 5.74) is 7.85. The molecule has 0 spiro atoms. The molecule has 2 aromatic rings. The molecular formula is C16H17FN2O2. The number of aryl methyl sites for hydroxylation is 1. The summed E-state index contributed by atoms with van der Waals surface area (Å²) in [6.45, 7) is 2.34. The van der Waals surface area contributed by atoms with Gasteiger partial charge in [-0.15, -0.1) is 0 Å². The molecule has 2 rings (SSSR count). The van der Waals surface area contributed by atoms with Crippen LogP contribution in [0.2, 0.25) is 0 Å². The van der Waals surface area contributed by atoms with Gasteiger partial charge in [-0.2, -0.15) is 0 Å². The number of rotatable bonds is 6. The number of halogens is 1. The lowest BCUT2D eigenvalue weighted by molar-refractivity contribution is -0.119. The number of hydrogen-bond donors (Lipinski definition) is 2. The van der Waals surface area contributed by atoms with E-state index in [1.807, 2.05) is 19.1 Å². The van der Waals surface area contributed by atoms with Crippen molar-refractivity contribution in [2.24, 2.45) is 5.73 Å². The Hall–Kier alpha value is -2.56. The Bertz CT molecular complexity index is 627. The van der Waals surface area contributed by atoms with Crippen molar-refractivity contribution in [2.45, 2.75) is 13.5 Å². The lowest BCUT2D eigenvalue weighted by atomic mass is 10.1. The lowest BCUT2D eigenvalue weighted by Gasteiger charge is -2.10. The standard InChI is InChI=1S/C16H17FN2O2/c1-11-8-13(17)3-2-12(11)9-19-14-4-6-15(7-5-14)21-10-16(18)20/h2-8,19H,9-10H2,1H3,(H2,18,20). The second-order valence-electron chi connectivity index (χ2n) is 4.70. The van der Waals surface area contributed by atoms with Crippen molar-refractivity contribution < 1.29 is 13.9 Å². The van der Waals surface area contributed by atoms with Crippen LogP contribution >= 0.6 is 0 Å². The topological polar surface area (TPSA) is 64.3 Å². The Kier molecular flexibility index (Phi) is 4.77. The highest BCUT2D eigenvalue weighted by Crippen LogP contribution is 2.17. The Labute approximate surface area is 122 Å². The third-order valence-electron chi connectivity index (χ3n) is 3.02. The zero-order valence-corrected chi connectivity index (χ0v) is 11.7. The number of anilines is 1. The Morgan fingerprint density at radius 3 is 2.57 bits per heavy atom. The molecule has 110 valence electrons. The number of amides is 1. The van der Waals surface area contributed by atoms with Gasteiger partial charge < -0.3 is 15.8 Å². The average Bonchev–Trinajstić information content (AvgIpc) is 2.45. The van der Waals surface area contributed by atoms with E-state index in [4.69, 9.17) is 10.5 Å². The van der Waals surface area contributed by atoms with E-state index >= 15 is 0 Å². The molecule has 0 atom stereocenters. The number of hydrogen-bond acceptors (Lipinski definition) is 3. The van der Waals surface area contributed by atoms with E-state index in [1.165, 1.54) is 12.1 Å². The van der Waals surface area contributed by atoms with Crippen LogP contribution in [0.15, 0.2) is 42.5 Å². The summed E-state index contributed by atoms with van der Waals surface area (Å²) in [6, 6.07) is 11.9. The number of nitrogens with one attached hydrogen (secondary N) is 1. The minimum absolute atomic E-state index is 0.137. The predicted molar refractivity (Wildman–Crippen MR) is 79.6 cm³/mol. The Balaban J connectivity index is 1.92. The molecule has 0 aliphatic rings. The molecule has 0 heterocycles. The average molecular weight is 288 g/mol. The van der Waals surface area contributed by atoms with Gasteiger partial charge in [0.2, 0.25) is 0 Å². The highest BCUT2D eigenvalue weighted by Gasteiger charge is 2.01. The molecule has 0 bridgehead atoms. The van der Waals surface area contributed by atoms with Gasteiger partial charge in [0.15, 0.2) is 6.61 Å². The summed E-state index contributed by atoms with van der Waals surface area (Å²) >= 11 is 0. The summed E-state index contributed by atoms with van der Waals surface area (Å²) in [4.78, 5) is 10.6. The number of nitrogens with two attached hydrogens (primary N) is 1. The Morgan fingerprint density at radius 2 is 1.95 bits per heavy atom. The first-order valence-electron chi connectivity index (χ1n) is 6.54. The molecule has 2 aromatic carbocycles. The first-order chi connectivity index (χ1) is 10.0. The highest BCUT2D eigenvalue weighted by atomic mass is 19.1. The van der Waals surface area contributed by atoms with E-state index in [-0.39, 0.29) is 12.4 Å². The SMILES string of the molecule is Cc1cc(F)ccc1CNc1ccc(OCC(N)=O)cc1. The maximum Gasteiger partial charge on any atom is 0.255 e. The van der Waals surface area contributed by atoms with Crippen molar-refractivity contribution in [3.63, 3.8) is 0 Å². The normalized spacial score (nSPS) is 10.2. The second-order valence-corrected chi connectivity index (χ2v) is 4.70. The third kappa shape index (κ3) is 4.49. The van der Waals surface area contributed by atoms with Gasteiger partial charge in [-0.3, -0.25) is 4.79 Å². The maximum atomic E-state index is 13.0. The summed E-state index contributed by atoms with van der Waals surface area (Å²) in [5.74, 6) is -0.159. The van der Waals surface area contributed by atoms with Crippen LogP contribution in [0.4, 0.5) is 10.1 Å². The zero-order chi connectivity index (χ0) is 15.2. The molecule has 0 fully saturated rings. The van der Waals surface area contributed by atoms with Gasteiger partial charge in [0.05, 0.1) is 0 Å². The molecule has 5 heteroatoms. The summed E-state index contributed by atoms with van der Waals surface area (Å²) < 4.78 is 18.2. The molecule has 0 radical (unpaired) electrons. The van der Waals surface area contributed by atoms with Crippen molar-refractivity contribution in [1.29, 1.82) is 0 Å². The first kappa shape index (κ1) is 14.8. The van der Waals surface area contributed by atoms with Crippen LogP contribution in [0.5, 0.6) is 5.75 Å². The summed E-state index contributed by atoms with van der Waals surface area (Å²) in [7, 11) is 0. The van der Waals surface area contributed by atoms with Crippen molar-refractivity contribution in [1.82, 2.24) is 0 Å². The molecule has 21 heavy (non-hydrogen) atoms. The summed E-state index contributed by atoms with van der Waals surface area (Å²) in [5, 5.41) is 3.24. The second kappa shape index (κ2) is 6.74. The molecule has 3 N–H and O–H groups in total. The first-order valence-corrected chi connectivity index (χ1v) is 6.54. The molecule has 0 aliphatic carbocycles. The van der Waals surface area contributed by atoms with Gasteiger partial charge in [-0.25, -0.2) is 4.39 Å². The minimum Gasteiger partial charge on any atom is -0.484 e. The number of ether oxygens (including phenoxy) is 1. The van der Waals surface area contributed by atoms with Crippen LogP contribution in [-0.2, 0) is 11.3 Å². The maximum absolute atomic E-state index is 13.0. The van der Waals surface area contributed by atoms with Gasteiger partial charge in [0.1, 0.15) is 11.6 Å². The molecule has 0 aliphatic heterocycles. The van der Waals surface area contributed by atoms with Crippen LogP contribution in [-0.4, -0.2) is 12.5 Å². The van der Waals surface area contributed by atoms with E-state index in [9.17, 15) is 9.18 Å². The lowest BCUT2D eigenvalue weighted by Crippen LogP contribution is -2.19. The molecule has 0 unspecified atom stereocenters. The zero-order valence-electron chi connectivity index (χ0n) is 11.7. The van der Waals surface area contributed by atoms with Crippen LogP contribution in [0.1, 0.15) is 11.1 Å². The quantitative estimate of drug-likeness (QED) is 0.858. The van der Waals surface area contributed by atoms with Crippen molar-refractivity contribution >= 4 is 11.6 Å². The number of carbonyl (C=O) groups excluding carboxylic acids is 1. The summed E-state index contributed by atoms with van der Waals surface area (Å²) in [6.07, 6.45) is 0. The fourth-order valence-corrected chi connectivity index (χ4v) is 1.88. The van der Waals surface area contributed by atoms with Crippen LogP contribution in [0, 0.1) is 12.7 Å². The van der Waals surface area contributed by atoms with Crippen LogP contribution in [0.25, 0.3) is 0 Å². The monoisotopic (exact) mass is 288 g/mol. The molecular weight excluding hydrogens is 271 g/mol. The van der Waals surface area contributed by atoms with Gasteiger partial charge in [0, 0.05) is 12.2 Å². The van der Waals surface area contributed by atoms with Crippen LogP contribution in [0.3, 0.4) is 0 Å². The molecule has 1 amide bonds. The van der Waals surface area contributed by atoms with Crippen molar-refractivity contribution in [3.8, 4) is 5.75 Å². The molecule has 0 saturated heterocycles. The van der Waals surface area contributed by atoms with Crippen LogP contribution < -0.4 is 15.8 Å². The van der Waals surface area contributed by atoms with Gasteiger partial charge in [-0.05, 0) is 54.4 Å². The fourth-order valence-electron chi connectivity index (χ4n) is 1.88. The van der Waals surface area contributed by atoms with Gasteiger partial charge in [0.25, 0.3) is 5.91 Å². The third-order valence-corrected chi connectivity index (χ3v) is 3.02. The van der Waals surface area contributed by atoms with Crippen molar-refractivity contribution in [3.05, 3.63) is 59.4 Å². The Morgan fingerprint density at radius 1 is 1.24 bits per heavy atom. The smallest absolute Gasteiger partial charge is 0.255 e. The molecule has 0 aromatic heterocycles. The van der Waals surface area contributed by atoms with E-state index in [2.05, 4.69) is 5.32 Å². The van der Waals surface area contributed by atoms with E-state index in [1.54, 1.807) is 18.2 Å². The van der Waals surface area contributed by atoms with Gasteiger partial charge >= 0.3 is 0 Å². The fraction of sp³-hybridized carbons (Fsp3) is 0.188. The molecule has 4 nitrogen and oxygen atoms in total.